The van der Waals surface area contributed by atoms with Gasteiger partial charge in [-0.15, -0.1) is 0 Å². The van der Waals surface area contributed by atoms with Crippen molar-refractivity contribution in [2.24, 2.45) is 0 Å². The van der Waals surface area contributed by atoms with Gasteiger partial charge in [0, 0.05) is 6.08 Å². The SMILES string of the molecule is C=C1OC(=O)C=C1Br. The summed E-state index contributed by atoms with van der Waals surface area (Å²) in [6.45, 7) is 3.43. The van der Waals surface area contributed by atoms with Crippen LogP contribution in [0, 0.1) is 0 Å². The Morgan fingerprint density at radius 3 is 2.50 bits per heavy atom. The summed E-state index contributed by atoms with van der Waals surface area (Å²) in [7, 11) is 0. The molecule has 0 atom stereocenters. The molecule has 0 unspecified atom stereocenters. The number of carbonyl (C=O) groups is 1. The van der Waals surface area contributed by atoms with E-state index in [-0.39, 0.29) is 5.97 Å². The lowest BCUT2D eigenvalue weighted by atomic mass is 10.5. The van der Waals surface area contributed by atoms with Crippen LogP contribution in [-0.2, 0) is 9.53 Å². The Morgan fingerprint density at radius 1 is 1.75 bits per heavy atom. The molecule has 1 rings (SSSR count). The van der Waals surface area contributed by atoms with Gasteiger partial charge in [0.25, 0.3) is 0 Å². The molecule has 0 aromatic rings. The summed E-state index contributed by atoms with van der Waals surface area (Å²) < 4.78 is 5.13. The van der Waals surface area contributed by atoms with E-state index < -0.39 is 0 Å². The predicted octanol–water partition coefficient (Wildman–Crippen LogP) is 1.34. The number of halogens is 1. The van der Waals surface area contributed by atoms with E-state index in [0.717, 1.165) is 0 Å². The average molecular weight is 175 g/mol. The number of cyclic esters (lactones) is 1. The minimum Gasteiger partial charge on any atom is -0.423 e. The van der Waals surface area contributed by atoms with E-state index in [1.165, 1.54) is 6.08 Å². The minimum atomic E-state index is -0.359. The molecular weight excluding hydrogens is 172 g/mol. The summed E-state index contributed by atoms with van der Waals surface area (Å²) in [5.74, 6) is 0.0249. The average Bonchev–Trinajstić information content (AvgIpc) is 1.85. The fourth-order valence-corrected chi connectivity index (χ4v) is 0.651. The monoisotopic (exact) mass is 174 g/mol. The molecule has 0 bridgehead atoms. The molecule has 1 heterocycles. The number of carbonyl (C=O) groups excluding carboxylic acids is 1. The molecule has 2 nitrogen and oxygen atoms in total. The molecule has 42 valence electrons. The Kier molecular flexibility index (Phi) is 1.21. The van der Waals surface area contributed by atoms with E-state index in [1.54, 1.807) is 0 Å². The second-order valence-corrected chi connectivity index (χ2v) is 2.19. The maximum atomic E-state index is 10.3. The third-order valence-corrected chi connectivity index (χ3v) is 1.41. The van der Waals surface area contributed by atoms with Crippen molar-refractivity contribution in [1.82, 2.24) is 0 Å². The first-order valence-corrected chi connectivity index (χ1v) is 2.78. The van der Waals surface area contributed by atoms with Gasteiger partial charge in [-0.3, -0.25) is 0 Å². The predicted molar refractivity (Wildman–Crippen MR) is 32.2 cm³/mol. The fraction of sp³-hybridized carbons (Fsp3) is 0. The highest BCUT2D eigenvalue weighted by atomic mass is 79.9. The molecule has 0 amide bonds. The summed E-state index contributed by atoms with van der Waals surface area (Å²) in [5, 5.41) is 0. The Hall–Kier alpha value is -0.570. The standard InChI is InChI=1S/C5H3BrO2/c1-3-4(6)2-5(7)8-3/h2H,1H2. The highest BCUT2D eigenvalue weighted by molar-refractivity contribution is 9.12. The number of esters is 1. The molecule has 8 heavy (non-hydrogen) atoms. The van der Waals surface area contributed by atoms with Crippen LogP contribution in [0.5, 0.6) is 0 Å². The van der Waals surface area contributed by atoms with Crippen LogP contribution < -0.4 is 0 Å². The van der Waals surface area contributed by atoms with Gasteiger partial charge in [-0.1, -0.05) is 6.58 Å². The Labute approximate surface area is 55.0 Å². The molecular formula is C5H3BrO2. The largest absolute Gasteiger partial charge is 0.423 e. The van der Waals surface area contributed by atoms with E-state index in [1.807, 2.05) is 0 Å². The Bertz CT molecular complexity index is 181. The molecule has 1 aliphatic heterocycles. The molecule has 0 aromatic carbocycles. The van der Waals surface area contributed by atoms with Gasteiger partial charge in [0.2, 0.25) is 0 Å². The summed E-state index contributed by atoms with van der Waals surface area (Å²) >= 11 is 3.06. The van der Waals surface area contributed by atoms with Crippen LogP contribution in [0.25, 0.3) is 0 Å². The summed E-state index contributed by atoms with van der Waals surface area (Å²) in [5.41, 5.74) is 0. The first kappa shape index (κ1) is 5.56. The van der Waals surface area contributed by atoms with Crippen LogP contribution in [-0.4, -0.2) is 5.97 Å². The van der Waals surface area contributed by atoms with Gasteiger partial charge < -0.3 is 4.74 Å². The topological polar surface area (TPSA) is 26.3 Å². The highest BCUT2D eigenvalue weighted by Gasteiger charge is 2.14. The van der Waals surface area contributed by atoms with Crippen molar-refractivity contribution >= 4 is 21.9 Å². The zero-order valence-electron chi connectivity index (χ0n) is 3.98. The van der Waals surface area contributed by atoms with Crippen molar-refractivity contribution in [1.29, 1.82) is 0 Å². The van der Waals surface area contributed by atoms with E-state index >= 15 is 0 Å². The molecule has 0 spiro atoms. The van der Waals surface area contributed by atoms with Gasteiger partial charge in [0.1, 0.15) is 5.76 Å². The lowest BCUT2D eigenvalue weighted by Gasteiger charge is -1.89. The molecule has 0 saturated carbocycles. The third kappa shape index (κ3) is 0.816. The van der Waals surface area contributed by atoms with Gasteiger partial charge in [-0.05, 0) is 15.9 Å². The Balaban J connectivity index is 2.88. The van der Waals surface area contributed by atoms with E-state index in [0.29, 0.717) is 10.2 Å². The van der Waals surface area contributed by atoms with E-state index in [2.05, 4.69) is 27.2 Å². The lowest BCUT2D eigenvalue weighted by Crippen LogP contribution is -1.88. The molecule has 0 radical (unpaired) electrons. The molecule has 0 fully saturated rings. The number of rotatable bonds is 0. The smallest absolute Gasteiger partial charge is 0.337 e. The summed E-state index contributed by atoms with van der Waals surface area (Å²) in [6, 6.07) is 0. The summed E-state index contributed by atoms with van der Waals surface area (Å²) in [6.07, 6.45) is 1.34. The fourth-order valence-electron chi connectivity index (χ4n) is 0.384. The number of allylic oxidation sites excluding steroid dienone is 1. The Morgan fingerprint density at radius 2 is 2.38 bits per heavy atom. The van der Waals surface area contributed by atoms with Crippen molar-refractivity contribution in [3.63, 3.8) is 0 Å². The molecule has 0 aliphatic carbocycles. The van der Waals surface area contributed by atoms with Crippen LogP contribution >= 0.6 is 15.9 Å². The zero-order chi connectivity index (χ0) is 6.15. The highest BCUT2D eigenvalue weighted by Crippen LogP contribution is 2.22. The van der Waals surface area contributed by atoms with Gasteiger partial charge in [0.15, 0.2) is 0 Å². The van der Waals surface area contributed by atoms with Crippen molar-refractivity contribution in [3.05, 3.63) is 22.9 Å². The zero-order valence-corrected chi connectivity index (χ0v) is 5.56. The van der Waals surface area contributed by atoms with Crippen LogP contribution in [0.15, 0.2) is 22.9 Å². The number of hydrogen-bond acceptors (Lipinski definition) is 2. The first-order valence-electron chi connectivity index (χ1n) is 1.98. The molecule has 3 heteroatoms. The lowest BCUT2D eigenvalue weighted by molar-refractivity contribution is -0.132. The van der Waals surface area contributed by atoms with Gasteiger partial charge in [-0.25, -0.2) is 4.79 Å². The van der Waals surface area contributed by atoms with Crippen molar-refractivity contribution in [2.45, 2.75) is 0 Å². The van der Waals surface area contributed by atoms with E-state index in [4.69, 9.17) is 0 Å². The maximum absolute atomic E-state index is 10.3. The summed E-state index contributed by atoms with van der Waals surface area (Å²) in [4.78, 5) is 10.3. The molecule has 1 aliphatic rings. The molecule has 0 N–H and O–H groups in total. The van der Waals surface area contributed by atoms with Gasteiger partial charge in [-0.2, -0.15) is 0 Å². The number of ether oxygens (including phenoxy) is 1. The minimum absolute atomic E-state index is 0.359. The molecule has 0 saturated heterocycles. The van der Waals surface area contributed by atoms with Crippen LogP contribution in [0.1, 0.15) is 0 Å². The van der Waals surface area contributed by atoms with Crippen molar-refractivity contribution in [2.75, 3.05) is 0 Å². The normalized spacial score (nSPS) is 18.4. The maximum Gasteiger partial charge on any atom is 0.337 e. The first-order chi connectivity index (χ1) is 3.70. The quantitative estimate of drug-likeness (QED) is 0.519. The van der Waals surface area contributed by atoms with E-state index in [9.17, 15) is 4.79 Å². The van der Waals surface area contributed by atoms with Crippen LogP contribution in [0.3, 0.4) is 0 Å². The van der Waals surface area contributed by atoms with Crippen LogP contribution in [0.4, 0.5) is 0 Å². The molecule has 0 aromatic heterocycles. The second kappa shape index (κ2) is 1.74. The van der Waals surface area contributed by atoms with Crippen molar-refractivity contribution in [3.8, 4) is 0 Å². The van der Waals surface area contributed by atoms with Crippen LogP contribution in [0.2, 0.25) is 0 Å². The third-order valence-electron chi connectivity index (χ3n) is 0.735. The van der Waals surface area contributed by atoms with Crippen molar-refractivity contribution < 1.29 is 9.53 Å². The van der Waals surface area contributed by atoms with Gasteiger partial charge in [0.05, 0.1) is 4.48 Å². The second-order valence-electron chi connectivity index (χ2n) is 1.34. The van der Waals surface area contributed by atoms with Gasteiger partial charge >= 0.3 is 5.97 Å². The number of hydrogen-bond donors (Lipinski definition) is 0.